The van der Waals surface area contributed by atoms with Gasteiger partial charge in [-0.25, -0.2) is 4.98 Å². The Labute approximate surface area is 122 Å². The zero-order valence-electron chi connectivity index (χ0n) is 11.3. The molecule has 0 saturated carbocycles. The SMILES string of the molecule is Cn1c(CCCc2cccs2)nc2cc(C#N)ccc21. The summed E-state index contributed by atoms with van der Waals surface area (Å²) in [6.45, 7) is 0. The van der Waals surface area contributed by atoms with Gasteiger partial charge in [-0.05, 0) is 42.5 Å². The lowest BCUT2D eigenvalue weighted by Gasteiger charge is -2.01. The molecule has 0 atom stereocenters. The predicted molar refractivity (Wildman–Crippen MR) is 81.8 cm³/mol. The Morgan fingerprint density at radius 1 is 1.30 bits per heavy atom. The summed E-state index contributed by atoms with van der Waals surface area (Å²) >= 11 is 1.81. The van der Waals surface area contributed by atoms with Crippen LogP contribution in [-0.4, -0.2) is 9.55 Å². The first-order valence-corrected chi connectivity index (χ1v) is 7.54. The van der Waals surface area contributed by atoms with Crippen molar-refractivity contribution in [2.45, 2.75) is 19.3 Å². The minimum atomic E-state index is 0.667. The number of hydrogen-bond donors (Lipinski definition) is 0. The quantitative estimate of drug-likeness (QED) is 0.732. The van der Waals surface area contributed by atoms with Gasteiger partial charge in [0.2, 0.25) is 0 Å². The topological polar surface area (TPSA) is 41.6 Å². The monoisotopic (exact) mass is 281 g/mol. The van der Waals surface area contributed by atoms with E-state index in [1.54, 1.807) is 0 Å². The van der Waals surface area contributed by atoms with E-state index < -0.39 is 0 Å². The van der Waals surface area contributed by atoms with E-state index in [0.29, 0.717) is 5.56 Å². The third-order valence-electron chi connectivity index (χ3n) is 3.51. The van der Waals surface area contributed by atoms with Crippen LogP contribution in [0.5, 0.6) is 0 Å². The highest BCUT2D eigenvalue weighted by Gasteiger charge is 2.08. The van der Waals surface area contributed by atoms with E-state index >= 15 is 0 Å². The Bertz CT molecular complexity index is 763. The molecule has 0 radical (unpaired) electrons. The van der Waals surface area contributed by atoms with Crippen molar-refractivity contribution in [3.63, 3.8) is 0 Å². The molecule has 0 fully saturated rings. The first-order chi connectivity index (χ1) is 9.78. The molecule has 0 aliphatic heterocycles. The summed E-state index contributed by atoms with van der Waals surface area (Å²) in [6, 6.07) is 12.1. The van der Waals surface area contributed by atoms with Gasteiger partial charge < -0.3 is 4.57 Å². The molecule has 0 N–H and O–H groups in total. The zero-order chi connectivity index (χ0) is 13.9. The third kappa shape index (κ3) is 2.45. The normalized spacial score (nSPS) is 10.8. The number of aryl methyl sites for hydroxylation is 3. The molecule has 0 aliphatic rings. The molecule has 20 heavy (non-hydrogen) atoms. The first-order valence-electron chi connectivity index (χ1n) is 6.66. The Hall–Kier alpha value is -2.12. The fourth-order valence-electron chi connectivity index (χ4n) is 2.42. The summed E-state index contributed by atoms with van der Waals surface area (Å²) in [6.07, 6.45) is 3.16. The smallest absolute Gasteiger partial charge is 0.109 e. The Morgan fingerprint density at radius 2 is 2.20 bits per heavy atom. The van der Waals surface area contributed by atoms with Crippen LogP contribution >= 0.6 is 11.3 Å². The second-order valence-corrected chi connectivity index (χ2v) is 5.87. The fraction of sp³-hybridized carbons (Fsp3) is 0.250. The molecule has 100 valence electrons. The number of hydrogen-bond acceptors (Lipinski definition) is 3. The van der Waals surface area contributed by atoms with Crippen LogP contribution in [0.1, 0.15) is 22.7 Å². The first kappa shape index (κ1) is 12.9. The molecular formula is C16H15N3S. The van der Waals surface area contributed by atoms with Gasteiger partial charge in [0, 0.05) is 18.3 Å². The molecule has 3 nitrogen and oxygen atoms in total. The van der Waals surface area contributed by atoms with Gasteiger partial charge in [0.1, 0.15) is 5.82 Å². The van der Waals surface area contributed by atoms with Gasteiger partial charge in [-0.2, -0.15) is 5.26 Å². The fourth-order valence-corrected chi connectivity index (χ4v) is 3.17. The van der Waals surface area contributed by atoms with Crippen molar-refractivity contribution in [2.75, 3.05) is 0 Å². The molecule has 0 amide bonds. The van der Waals surface area contributed by atoms with Crippen LogP contribution in [-0.2, 0) is 19.9 Å². The molecule has 3 rings (SSSR count). The summed E-state index contributed by atoms with van der Waals surface area (Å²) in [7, 11) is 2.04. The molecule has 2 aromatic heterocycles. The summed E-state index contributed by atoms with van der Waals surface area (Å²) in [4.78, 5) is 6.08. The van der Waals surface area contributed by atoms with Crippen LogP contribution in [0.2, 0.25) is 0 Å². The molecule has 2 heterocycles. The maximum absolute atomic E-state index is 8.94. The van der Waals surface area contributed by atoms with E-state index in [0.717, 1.165) is 36.1 Å². The molecule has 0 bridgehead atoms. The van der Waals surface area contributed by atoms with E-state index in [-0.39, 0.29) is 0 Å². The standard InChI is InChI=1S/C16H15N3S/c1-19-15-8-7-12(11-17)10-14(15)18-16(19)6-2-4-13-5-3-9-20-13/h3,5,7-10H,2,4,6H2,1H3. The molecule has 3 aromatic rings. The van der Waals surface area contributed by atoms with Crippen molar-refractivity contribution >= 4 is 22.4 Å². The Kier molecular flexibility index (Phi) is 3.53. The van der Waals surface area contributed by atoms with E-state index in [4.69, 9.17) is 5.26 Å². The van der Waals surface area contributed by atoms with Crippen LogP contribution in [0.25, 0.3) is 11.0 Å². The lowest BCUT2D eigenvalue weighted by molar-refractivity contribution is 0.737. The predicted octanol–water partition coefficient (Wildman–Crippen LogP) is 3.68. The highest BCUT2D eigenvalue weighted by molar-refractivity contribution is 7.09. The number of nitrogens with zero attached hydrogens (tertiary/aromatic N) is 3. The van der Waals surface area contributed by atoms with Crippen molar-refractivity contribution in [3.05, 3.63) is 52.0 Å². The average Bonchev–Trinajstić information content (AvgIpc) is 3.08. The number of thiophene rings is 1. The van der Waals surface area contributed by atoms with E-state index in [9.17, 15) is 0 Å². The number of rotatable bonds is 4. The van der Waals surface area contributed by atoms with Crippen LogP contribution in [0.3, 0.4) is 0 Å². The highest BCUT2D eigenvalue weighted by Crippen LogP contribution is 2.18. The van der Waals surface area contributed by atoms with Gasteiger partial charge in [-0.1, -0.05) is 6.07 Å². The summed E-state index contributed by atoms with van der Waals surface area (Å²) in [5.41, 5.74) is 2.67. The second-order valence-electron chi connectivity index (χ2n) is 4.84. The lowest BCUT2D eigenvalue weighted by atomic mass is 10.2. The summed E-state index contributed by atoms with van der Waals surface area (Å²) < 4.78 is 2.13. The van der Waals surface area contributed by atoms with Gasteiger partial charge >= 0.3 is 0 Å². The molecule has 1 aromatic carbocycles. The van der Waals surface area contributed by atoms with Gasteiger partial charge in [-0.3, -0.25) is 0 Å². The van der Waals surface area contributed by atoms with Crippen LogP contribution in [0.15, 0.2) is 35.7 Å². The van der Waals surface area contributed by atoms with Crippen LogP contribution in [0, 0.1) is 11.3 Å². The molecule has 0 aliphatic carbocycles. The zero-order valence-corrected chi connectivity index (χ0v) is 12.2. The molecular weight excluding hydrogens is 266 g/mol. The minimum Gasteiger partial charge on any atom is -0.331 e. The lowest BCUT2D eigenvalue weighted by Crippen LogP contribution is -1.98. The largest absolute Gasteiger partial charge is 0.331 e. The van der Waals surface area contributed by atoms with Crippen molar-refractivity contribution in [2.24, 2.45) is 7.05 Å². The van der Waals surface area contributed by atoms with Gasteiger partial charge in [0.25, 0.3) is 0 Å². The van der Waals surface area contributed by atoms with Crippen LogP contribution < -0.4 is 0 Å². The highest BCUT2D eigenvalue weighted by atomic mass is 32.1. The van der Waals surface area contributed by atoms with Crippen molar-refractivity contribution in [1.29, 1.82) is 5.26 Å². The minimum absolute atomic E-state index is 0.667. The van der Waals surface area contributed by atoms with E-state index in [2.05, 4.69) is 33.1 Å². The average molecular weight is 281 g/mol. The molecule has 0 saturated heterocycles. The Morgan fingerprint density at radius 3 is 2.95 bits per heavy atom. The molecule has 4 heteroatoms. The van der Waals surface area contributed by atoms with Crippen LogP contribution in [0.4, 0.5) is 0 Å². The molecule has 0 unspecified atom stereocenters. The van der Waals surface area contributed by atoms with Gasteiger partial charge in [0.15, 0.2) is 0 Å². The van der Waals surface area contributed by atoms with Crippen molar-refractivity contribution in [3.8, 4) is 6.07 Å². The third-order valence-corrected chi connectivity index (χ3v) is 4.44. The molecule has 0 spiro atoms. The van der Waals surface area contributed by atoms with E-state index in [1.807, 2.05) is 36.6 Å². The summed E-state index contributed by atoms with van der Waals surface area (Å²) in [5, 5.41) is 11.1. The van der Waals surface area contributed by atoms with Gasteiger partial charge in [0.05, 0.1) is 22.7 Å². The number of nitriles is 1. The van der Waals surface area contributed by atoms with Gasteiger partial charge in [-0.15, -0.1) is 11.3 Å². The number of imidazole rings is 1. The maximum atomic E-state index is 8.94. The van der Waals surface area contributed by atoms with E-state index in [1.165, 1.54) is 4.88 Å². The number of aromatic nitrogens is 2. The number of benzene rings is 1. The summed E-state index contributed by atoms with van der Waals surface area (Å²) in [5.74, 6) is 1.09. The second kappa shape index (κ2) is 5.48. The van der Waals surface area contributed by atoms with Crippen molar-refractivity contribution in [1.82, 2.24) is 9.55 Å². The maximum Gasteiger partial charge on any atom is 0.109 e. The van der Waals surface area contributed by atoms with Crippen molar-refractivity contribution < 1.29 is 0 Å². The number of fused-ring (bicyclic) bond motifs is 1. The Balaban J connectivity index is 1.78.